The topological polar surface area (TPSA) is 17.1 Å². The van der Waals surface area contributed by atoms with Gasteiger partial charge in [-0.1, -0.05) is 42.8 Å². The summed E-state index contributed by atoms with van der Waals surface area (Å²) in [5.74, 6) is -6.43. The molecule has 2 saturated carbocycles. The van der Waals surface area contributed by atoms with E-state index in [1.807, 2.05) is 30.3 Å². The monoisotopic (exact) mass is 450 g/mol. The Labute approximate surface area is 184 Å². The molecule has 4 aliphatic carbocycles. The van der Waals surface area contributed by atoms with Crippen LogP contribution in [-0.2, 0) is 4.79 Å². The van der Waals surface area contributed by atoms with Gasteiger partial charge >= 0.3 is 12.1 Å². The number of hydrogen-bond acceptors (Lipinski definition) is 1. The van der Waals surface area contributed by atoms with Crippen LogP contribution in [0.25, 0.3) is 0 Å². The first-order chi connectivity index (χ1) is 15.0. The minimum atomic E-state index is -5.51. The number of benzene rings is 1. The number of alkyl halides is 5. The van der Waals surface area contributed by atoms with Crippen LogP contribution in [0, 0.1) is 23.2 Å². The summed E-state index contributed by atoms with van der Waals surface area (Å²) in [6, 6.07) is 9.85. The number of ketones is 1. The maximum Gasteiger partial charge on any atom is 0.453 e. The molecule has 0 aliphatic heterocycles. The summed E-state index contributed by atoms with van der Waals surface area (Å²) in [5.41, 5.74) is 3.46. The van der Waals surface area contributed by atoms with Gasteiger partial charge in [-0.15, -0.1) is 0 Å². The first-order valence-corrected chi connectivity index (χ1v) is 11.5. The van der Waals surface area contributed by atoms with E-state index in [1.54, 1.807) is 13.0 Å². The molecule has 0 aromatic heterocycles. The summed E-state index contributed by atoms with van der Waals surface area (Å²) >= 11 is 0. The van der Waals surface area contributed by atoms with E-state index in [2.05, 4.69) is 0 Å². The van der Waals surface area contributed by atoms with E-state index >= 15 is 0 Å². The maximum absolute atomic E-state index is 14.5. The molecule has 0 amide bonds. The highest BCUT2D eigenvalue weighted by molar-refractivity contribution is 5.94. The fourth-order valence-electron chi connectivity index (χ4n) is 7.40. The van der Waals surface area contributed by atoms with Gasteiger partial charge in [-0.25, -0.2) is 0 Å². The SMILES string of the molecule is CC12CCC3=C4C(=CC(=O)CC4c4ccccc4)CCC3C1CCC2C(F)(F)C(F)(F)F. The van der Waals surface area contributed by atoms with E-state index < -0.39 is 23.4 Å². The number of allylic oxidation sites excluding steroid dienone is 4. The molecule has 1 aromatic rings. The average Bonchev–Trinajstić information content (AvgIpc) is 3.10. The number of carbonyl (C=O) groups excluding carboxylic acids is 1. The minimum absolute atomic E-state index is 0.0225. The van der Waals surface area contributed by atoms with Crippen LogP contribution in [0.3, 0.4) is 0 Å². The lowest BCUT2D eigenvalue weighted by atomic mass is 9.54. The number of rotatable bonds is 2. The van der Waals surface area contributed by atoms with Crippen LogP contribution in [0.15, 0.2) is 53.1 Å². The smallest absolute Gasteiger partial charge is 0.295 e. The Hall–Kier alpha value is -1.98. The third kappa shape index (κ3) is 3.12. The predicted octanol–water partition coefficient (Wildman–Crippen LogP) is 7.40. The molecule has 0 spiro atoms. The molecule has 5 unspecified atom stereocenters. The number of carbonyl (C=O) groups is 1. The fraction of sp³-hybridized carbons (Fsp3) is 0.577. The quantitative estimate of drug-likeness (QED) is 0.429. The average molecular weight is 450 g/mol. The molecule has 0 N–H and O–H groups in total. The lowest BCUT2D eigenvalue weighted by Crippen LogP contribution is -2.51. The molecule has 32 heavy (non-hydrogen) atoms. The van der Waals surface area contributed by atoms with Gasteiger partial charge in [0.2, 0.25) is 0 Å². The zero-order valence-electron chi connectivity index (χ0n) is 18.0. The normalized spacial score (nSPS) is 35.2. The Kier molecular flexibility index (Phi) is 4.96. The molecule has 5 rings (SSSR count). The second-order valence-corrected chi connectivity index (χ2v) is 10.3. The Bertz CT molecular complexity index is 989. The standard InChI is InChI=1S/C26H27F5O/c1-24-12-11-19-18(21(24)9-10-22(24)25(27,28)26(29,30)31)8-7-16-13-17(32)14-20(23(16)19)15-5-3-2-4-6-15/h2-6,13,18,20-22H,7-12,14H2,1H3. The van der Waals surface area contributed by atoms with Crippen molar-refractivity contribution in [3.05, 3.63) is 58.7 Å². The van der Waals surface area contributed by atoms with Crippen molar-refractivity contribution in [1.29, 1.82) is 0 Å². The molecule has 172 valence electrons. The second-order valence-electron chi connectivity index (χ2n) is 10.3. The molecule has 1 nitrogen and oxygen atoms in total. The summed E-state index contributed by atoms with van der Waals surface area (Å²) in [5, 5.41) is 0. The molecule has 5 atom stereocenters. The highest BCUT2D eigenvalue weighted by atomic mass is 19.4. The van der Waals surface area contributed by atoms with Crippen molar-refractivity contribution in [2.45, 2.75) is 69.9 Å². The fourth-order valence-corrected chi connectivity index (χ4v) is 7.40. The van der Waals surface area contributed by atoms with Gasteiger partial charge in [0, 0.05) is 18.3 Å². The molecular weight excluding hydrogens is 423 g/mol. The van der Waals surface area contributed by atoms with Crippen LogP contribution in [0.1, 0.15) is 63.4 Å². The Balaban J connectivity index is 1.56. The number of halogens is 5. The number of fused-ring (bicyclic) bond motifs is 4. The van der Waals surface area contributed by atoms with Crippen LogP contribution >= 0.6 is 0 Å². The molecule has 0 radical (unpaired) electrons. The third-order valence-corrected chi connectivity index (χ3v) is 8.80. The first-order valence-electron chi connectivity index (χ1n) is 11.5. The lowest BCUT2D eigenvalue weighted by molar-refractivity contribution is -0.314. The van der Waals surface area contributed by atoms with Gasteiger partial charge in [0.05, 0.1) is 0 Å². The van der Waals surface area contributed by atoms with Crippen molar-refractivity contribution in [2.75, 3.05) is 0 Å². The summed E-state index contributed by atoms with van der Waals surface area (Å²) in [6.07, 6.45) is -0.790. The van der Waals surface area contributed by atoms with Crippen molar-refractivity contribution in [3.63, 3.8) is 0 Å². The third-order valence-electron chi connectivity index (χ3n) is 8.80. The van der Waals surface area contributed by atoms with Gasteiger partial charge in [0.1, 0.15) is 0 Å². The lowest BCUT2D eigenvalue weighted by Gasteiger charge is -2.51. The Morgan fingerprint density at radius 3 is 2.38 bits per heavy atom. The minimum Gasteiger partial charge on any atom is -0.295 e. The molecule has 6 heteroatoms. The molecule has 1 aromatic carbocycles. The largest absolute Gasteiger partial charge is 0.453 e. The van der Waals surface area contributed by atoms with Crippen molar-refractivity contribution < 1.29 is 26.7 Å². The van der Waals surface area contributed by atoms with Gasteiger partial charge in [-0.05, 0) is 78.6 Å². The summed E-state index contributed by atoms with van der Waals surface area (Å²) < 4.78 is 68.7. The summed E-state index contributed by atoms with van der Waals surface area (Å²) in [7, 11) is 0. The zero-order chi connectivity index (χ0) is 22.9. The van der Waals surface area contributed by atoms with Gasteiger partial charge in [0.15, 0.2) is 5.78 Å². The predicted molar refractivity (Wildman–Crippen MR) is 111 cm³/mol. The van der Waals surface area contributed by atoms with Gasteiger partial charge in [-0.2, -0.15) is 22.0 Å². The van der Waals surface area contributed by atoms with E-state index in [4.69, 9.17) is 0 Å². The highest BCUT2D eigenvalue weighted by Gasteiger charge is 2.70. The molecule has 2 fully saturated rings. The van der Waals surface area contributed by atoms with Crippen molar-refractivity contribution in [1.82, 2.24) is 0 Å². The summed E-state index contributed by atoms with van der Waals surface area (Å²) in [4.78, 5) is 12.5. The molecule has 0 bridgehead atoms. The van der Waals surface area contributed by atoms with Crippen LogP contribution in [0.4, 0.5) is 22.0 Å². The van der Waals surface area contributed by atoms with Crippen LogP contribution < -0.4 is 0 Å². The van der Waals surface area contributed by atoms with E-state index in [9.17, 15) is 26.7 Å². The van der Waals surface area contributed by atoms with E-state index in [0.717, 1.165) is 17.6 Å². The molecular formula is C26H27F5O. The van der Waals surface area contributed by atoms with Crippen LogP contribution in [0.5, 0.6) is 0 Å². The first kappa shape index (κ1) is 21.8. The Morgan fingerprint density at radius 2 is 1.69 bits per heavy atom. The maximum atomic E-state index is 14.5. The van der Waals surface area contributed by atoms with E-state index in [1.165, 1.54) is 11.1 Å². The van der Waals surface area contributed by atoms with Crippen molar-refractivity contribution >= 4 is 5.78 Å². The van der Waals surface area contributed by atoms with E-state index in [-0.39, 0.29) is 30.0 Å². The van der Waals surface area contributed by atoms with E-state index in [0.29, 0.717) is 32.1 Å². The second kappa shape index (κ2) is 7.26. The van der Waals surface area contributed by atoms with Crippen molar-refractivity contribution in [3.8, 4) is 0 Å². The molecule has 4 aliphatic rings. The van der Waals surface area contributed by atoms with Crippen LogP contribution in [-0.4, -0.2) is 17.9 Å². The Morgan fingerprint density at radius 1 is 0.969 bits per heavy atom. The van der Waals surface area contributed by atoms with Gasteiger partial charge in [-0.3, -0.25) is 4.79 Å². The zero-order valence-corrected chi connectivity index (χ0v) is 18.0. The highest BCUT2D eigenvalue weighted by Crippen LogP contribution is 2.67. The van der Waals surface area contributed by atoms with Crippen LogP contribution in [0.2, 0.25) is 0 Å². The summed E-state index contributed by atoms with van der Waals surface area (Å²) in [6.45, 7) is 1.67. The van der Waals surface area contributed by atoms with Gasteiger partial charge < -0.3 is 0 Å². The molecule has 0 heterocycles. The van der Waals surface area contributed by atoms with Crippen molar-refractivity contribution in [2.24, 2.45) is 23.2 Å². The molecule has 0 saturated heterocycles. The van der Waals surface area contributed by atoms with Gasteiger partial charge in [0.25, 0.3) is 0 Å². The number of hydrogen-bond donors (Lipinski definition) is 0.